The van der Waals surface area contributed by atoms with E-state index in [2.05, 4.69) is 20.6 Å². The lowest BCUT2D eigenvalue weighted by Crippen LogP contribution is -2.32. The molecule has 2 N–H and O–H groups in total. The van der Waals surface area contributed by atoms with Crippen molar-refractivity contribution in [2.75, 3.05) is 29.3 Å². The molecule has 32 heavy (non-hydrogen) atoms. The lowest BCUT2D eigenvalue weighted by Gasteiger charge is -2.23. The molecule has 11 heteroatoms. The fourth-order valence-electron chi connectivity index (χ4n) is 2.82. The van der Waals surface area contributed by atoms with Gasteiger partial charge in [0.15, 0.2) is 0 Å². The Kier molecular flexibility index (Phi) is 8.09. The molecule has 1 heterocycles. The topological polar surface area (TPSA) is 79.4 Å². The number of rotatable bonds is 7. The monoisotopic (exact) mass is 497 g/mol. The summed E-state index contributed by atoms with van der Waals surface area (Å²) >= 11 is 18.3. The molecule has 2 amide bonds. The molecule has 7 nitrogen and oxygen atoms in total. The number of amides is 2. The van der Waals surface area contributed by atoms with Crippen LogP contribution in [-0.2, 0) is 4.74 Å². The van der Waals surface area contributed by atoms with Gasteiger partial charge in [-0.25, -0.2) is 19.1 Å². The Bertz CT molecular complexity index is 1100. The number of anilines is 4. The molecule has 2 aromatic carbocycles. The zero-order valence-corrected chi connectivity index (χ0v) is 19.3. The summed E-state index contributed by atoms with van der Waals surface area (Å²) in [4.78, 5) is 23.1. The van der Waals surface area contributed by atoms with E-state index in [9.17, 15) is 9.18 Å². The van der Waals surface area contributed by atoms with Crippen molar-refractivity contribution in [1.82, 2.24) is 9.97 Å². The Hall–Kier alpha value is -2.65. The maximum Gasteiger partial charge on any atom is 0.332 e. The Labute approximate surface area is 199 Å². The van der Waals surface area contributed by atoms with E-state index in [1.807, 2.05) is 6.92 Å². The molecule has 0 fully saturated rings. The standard InChI is InChI=1S/C21H19Cl3FN5O2/c1-12(11-32-2)27-20-26-8-7-18(29-20)30(15-5-3-14(25)4-6-15)21(31)28-17-10-13(22)9-16(23)19(17)24/h3-10,12H,11H2,1-2H3,(H,28,31)(H,26,27,29). The van der Waals surface area contributed by atoms with E-state index in [1.54, 1.807) is 13.2 Å². The van der Waals surface area contributed by atoms with Crippen LogP contribution in [0.3, 0.4) is 0 Å². The van der Waals surface area contributed by atoms with Crippen LogP contribution < -0.4 is 15.5 Å². The van der Waals surface area contributed by atoms with Crippen LogP contribution in [0.5, 0.6) is 0 Å². The third-order valence-electron chi connectivity index (χ3n) is 4.18. The van der Waals surface area contributed by atoms with Gasteiger partial charge in [0, 0.05) is 30.4 Å². The molecule has 0 aliphatic heterocycles. The number of nitrogens with zero attached hydrogens (tertiary/aromatic N) is 3. The van der Waals surface area contributed by atoms with Crippen molar-refractivity contribution in [3.8, 4) is 0 Å². The molecular weight excluding hydrogens is 480 g/mol. The molecule has 0 radical (unpaired) electrons. The van der Waals surface area contributed by atoms with Gasteiger partial charge in [-0.2, -0.15) is 4.98 Å². The summed E-state index contributed by atoms with van der Waals surface area (Å²) in [6.45, 7) is 2.33. The second kappa shape index (κ2) is 10.8. The van der Waals surface area contributed by atoms with E-state index in [-0.39, 0.29) is 33.5 Å². The van der Waals surface area contributed by atoms with Crippen LogP contribution in [-0.4, -0.2) is 35.8 Å². The molecule has 1 atom stereocenters. The van der Waals surface area contributed by atoms with Gasteiger partial charge in [0.1, 0.15) is 11.6 Å². The molecule has 1 unspecified atom stereocenters. The summed E-state index contributed by atoms with van der Waals surface area (Å²) in [6.07, 6.45) is 1.50. The maximum atomic E-state index is 13.5. The number of hydrogen-bond donors (Lipinski definition) is 2. The largest absolute Gasteiger partial charge is 0.383 e. The Morgan fingerprint density at radius 1 is 1.19 bits per heavy atom. The second-order valence-electron chi connectivity index (χ2n) is 6.73. The number of nitrogens with one attached hydrogen (secondary N) is 2. The predicted octanol–water partition coefficient (Wildman–Crippen LogP) is 6.39. The van der Waals surface area contributed by atoms with Gasteiger partial charge in [-0.1, -0.05) is 34.8 Å². The molecule has 0 saturated heterocycles. The summed E-state index contributed by atoms with van der Waals surface area (Å²) in [5.74, 6) is 0.0773. The van der Waals surface area contributed by atoms with Crippen molar-refractivity contribution in [3.63, 3.8) is 0 Å². The van der Waals surface area contributed by atoms with Gasteiger partial charge in [0.05, 0.1) is 28.0 Å². The van der Waals surface area contributed by atoms with Gasteiger partial charge < -0.3 is 15.4 Å². The van der Waals surface area contributed by atoms with Gasteiger partial charge in [0.2, 0.25) is 5.95 Å². The highest BCUT2D eigenvalue weighted by molar-refractivity contribution is 6.45. The molecule has 0 aliphatic carbocycles. The van der Waals surface area contributed by atoms with Gasteiger partial charge in [-0.05, 0) is 43.3 Å². The fourth-order valence-corrected chi connectivity index (χ4v) is 3.47. The summed E-state index contributed by atoms with van der Waals surface area (Å²) in [5, 5.41) is 6.37. The smallest absolute Gasteiger partial charge is 0.332 e. The lowest BCUT2D eigenvalue weighted by molar-refractivity contribution is 0.190. The average molecular weight is 499 g/mol. The van der Waals surface area contributed by atoms with Crippen LogP contribution in [0.25, 0.3) is 0 Å². The SMILES string of the molecule is COCC(C)Nc1nccc(N(C(=O)Nc2cc(Cl)cc(Cl)c2Cl)c2ccc(F)cc2)n1. The number of methoxy groups -OCH3 is 1. The first-order valence-corrected chi connectivity index (χ1v) is 10.5. The molecule has 0 saturated carbocycles. The number of aromatic nitrogens is 2. The van der Waals surface area contributed by atoms with Crippen LogP contribution in [0, 0.1) is 5.82 Å². The van der Waals surface area contributed by atoms with E-state index in [4.69, 9.17) is 39.5 Å². The minimum absolute atomic E-state index is 0.0734. The van der Waals surface area contributed by atoms with Crippen molar-refractivity contribution in [2.24, 2.45) is 0 Å². The highest BCUT2D eigenvalue weighted by Crippen LogP contribution is 2.34. The predicted molar refractivity (Wildman–Crippen MR) is 126 cm³/mol. The van der Waals surface area contributed by atoms with E-state index in [0.29, 0.717) is 17.3 Å². The van der Waals surface area contributed by atoms with E-state index < -0.39 is 11.8 Å². The van der Waals surface area contributed by atoms with Crippen LogP contribution >= 0.6 is 34.8 Å². The van der Waals surface area contributed by atoms with Crippen LogP contribution in [0.15, 0.2) is 48.7 Å². The molecule has 1 aromatic heterocycles. The molecule has 3 aromatic rings. The Balaban J connectivity index is 1.98. The first-order chi connectivity index (χ1) is 15.3. The highest BCUT2D eigenvalue weighted by atomic mass is 35.5. The minimum Gasteiger partial charge on any atom is -0.383 e. The summed E-state index contributed by atoms with van der Waals surface area (Å²) in [7, 11) is 1.59. The second-order valence-corrected chi connectivity index (χ2v) is 7.95. The third kappa shape index (κ3) is 5.98. The van der Waals surface area contributed by atoms with Crippen molar-refractivity contribution in [1.29, 1.82) is 0 Å². The number of benzene rings is 2. The van der Waals surface area contributed by atoms with Gasteiger partial charge in [0.25, 0.3) is 0 Å². The van der Waals surface area contributed by atoms with Crippen LogP contribution in [0.1, 0.15) is 6.92 Å². The molecule has 168 valence electrons. The van der Waals surface area contributed by atoms with Crippen LogP contribution in [0.2, 0.25) is 15.1 Å². The minimum atomic E-state index is -0.619. The number of ether oxygens (including phenoxy) is 1. The number of hydrogen-bond acceptors (Lipinski definition) is 5. The van der Waals surface area contributed by atoms with Gasteiger partial charge >= 0.3 is 6.03 Å². The Morgan fingerprint density at radius 2 is 1.91 bits per heavy atom. The summed E-state index contributed by atoms with van der Waals surface area (Å²) in [6, 6.07) is 9.15. The highest BCUT2D eigenvalue weighted by Gasteiger charge is 2.22. The number of carbonyl (C=O) groups excluding carboxylic acids is 1. The van der Waals surface area contributed by atoms with Crippen molar-refractivity contribution >= 4 is 64.0 Å². The summed E-state index contributed by atoms with van der Waals surface area (Å²) < 4.78 is 18.6. The Morgan fingerprint density at radius 3 is 2.59 bits per heavy atom. The normalized spacial score (nSPS) is 11.7. The maximum absolute atomic E-state index is 13.5. The zero-order valence-electron chi connectivity index (χ0n) is 17.1. The van der Waals surface area contributed by atoms with Crippen molar-refractivity contribution in [3.05, 3.63) is 69.5 Å². The van der Waals surface area contributed by atoms with Crippen LogP contribution in [0.4, 0.5) is 32.3 Å². The fraction of sp³-hybridized carbons (Fsp3) is 0.190. The summed E-state index contributed by atoms with van der Waals surface area (Å²) in [5.41, 5.74) is 0.574. The number of urea groups is 1. The lowest BCUT2D eigenvalue weighted by atomic mass is 10.2. The third-order valence-corrected chi connectivity index (χ3v) is 5.20. The van der Waals surface area contributed by atoms with Gasteiger partial charge in [-0.15, -0.1) is 0 Å². The average Bonchev–Trinajstić information content (AvgIpc) is 2.74. The van der Waals surface area contributed by atoms with Crippen molar-refractivity contribution < 1.29 is 13.9 Å². The molecule has 0 bridgehead atoms. The van der Waals surface area contributed by atoms with Gasteiger partial charge in [-0.3, -0.25) is 0 Å². The van der Waals surface area contributed by atoms with E-state index in [1.165, 1.54) is 47.5 Å². The zero-order chi connectivity index (χ0) is 23.3. The van der Waals surface area contributed by atoms with Crippen molar-refractivity contribution in [2.45, 2.75) is 13.0 Å². The van der Waals surface area contributed by atoms with E-state index in [0.717, 1.165) is 0 Å². The quantitative estimate of drug-likeness (QED) is 0.369. The van der Waals surface area contributed by atoms with E-state index >= 15 is 0 Å². The number of halogens is 4. The molecule has 0 aliphatic rings. The molecule has 0 spiro atoms. The molecule has 3 rings (SSSR count). The molecular formula is C21H19Cl3FN5O2. The number of carbonyl (C=O) groups is 1. The first kappa shape index (κ1) is 24.0. The first-order valence-electron chi connectivity index (χ1n) is 9.38.